The van der Waals surface area contributed by atoms with Crippen molar-refractivity contribution in [3.05, 3.63) is 63.7 Å². The number of phenols is 1. The van der Waals surface area contributed by atoms with Gasteiger partial charge in [-0.25, -0.2) is 0 Å². The Balaban J connectivity index is 1.44. The molecule has 2 aliphatic rings. The summed E-state index contributed by atoms with van der Waals surface area (Å²) in [5.41, 5.74) is 3.52. The number of aliphatic carboxylic acids is 4. The van der Waals surface area contributed by atoms with Crippen molar-refractivity contribution in [2.75, 3.05) is 0 Å². The lowest BCUT2D eigenvalue weighted by atomic mass is 9.84. The smallest absolute Gasteiger partial charge is 0.310 e. The summed E-state index contributed by atoms with van der Waals surface area (Å²) in [7, 11) is 0. The highest BCUT2D eigenvalue weighted by Crippen LogP contribution is 2.63. The topological polar surface area (TPSA) is 169 Å². The molecule has 2 aliphatic carbocycles. The SMILES string of the molecule is Cc1cccc(CCCCC(C)(C)C(=O)O)c1CCCCC1(C(=O)O)CC1c1ccc(O)c(CCCCC2(C(=O)O)CC2)c1CCCCC(C)(C)C(=O)O. The van der Waals surface area contributed by atoms with Crippen molar-refractivity contribution in [1.29, 1.82) is 0 Å². The van der Waals surface area contributed by atoms with E-state index in [0.717, 1.165) is 68.1 Å². The van der Waals surface area contributed by atoms with Crippen LogP contribution in [0.1, 0.15) is 163 Å². The third-order valence-electron chi connectivity index (χ3n) is 12.9. The van der Waals surface area contributed by atoms with Crippen LogP contribution < -0.4 is 0 Å². The molecule has 0 aliphatic heterocycles. The van der Waals surface area contributed by atoms with E-state index in [9.17, 15) is 44.7 Å². The van der Waals surface area contributed by atoms with E-state index in [-0.39, 0.29) is 11.7 Å². The summed E-state index contributed by atoms with van der Waals surface area (Å²) in [4.78, 5) is 47.9. The van der Waals surface area contributed by atoms with Gasteiger partial charge in [0.25, 0.3) is 0 Å². The molecular formula is C45H64O9. The minimum absolute atomic E-state index is 0.175. The van der Waals surface area contributed by atoms with Gasteiger partial charge in [-0.05, 0) is 170 Å². The molecule has 0 saturated heterocycles. The van der Waals surface area contributed by atoms with Gasteiger partial charge in [0, 0.05) is 5.92 Å². The second-order valence-corrected chi connectivity index (χ2v) is 17.9. The number of hydrogen-bond acceptors (Lipinski definition) is 5. The van der Waals surface area contributed by atoms with Gasteiger partial charge in [-0.3, -0.25) is 19.2 Å². The van der Waals surface area contributed by atoms with Crippen LogP contribution >= 0.6 is 0 Å². The third-order valence-corrected chi connectivity index (χ3v) is 12.9. The number of aromatic hydroxyl groups is 1. The summed E-state index contributed by atoms with van der Waals surface area (Å²) in [5.74, 6) is -3.13. The first-order valence-corrected chi connectivity index (χ1v) is 20.2. The maximum absolute atomic E-state index is 13.0. The van der Waals surface area contributed by atoms with Gasteiger partial charge in [-0.15, -0.1) is 0 Å². The molecule has 9 heteroatoms. The van der Waals surface area contributed by atoms with E-state index < -0.39 is 45.5 Å². The first-order chi connectivity index (χ1) is 25.4. The normalized spacial score (nSPS) is 19.0. The highest BCUT2D eigenvalue weighted by Gasteiger charge is 2.60. The Morgan fingerprint density at radius 3 is 1.74 bits per heavy atom. The molecule has 9 nitrogen and oxygen atoms in total. The molecule has 2 fully saturated rings. The highest BCUT2D eigenvalue weighted by molar-refractivity contribution is 5.81. The summed E-state index contributed by atoms with van der Waals surface area (Å²) < 4.78 is 0. The molecule has 298 valence electrons. The van der Waals surface area contributed by atoms with Crippen LogP contribution in [0.15, 0.2) is 30.3 Å². The summed E-state index contributed by atoms with van der Waals surface area (Å²) in [6, 6.07) is 9.92. The van der Waals surface area contributed by atoms with Gasteiger partial charge in [-0.2, -0.15) is 0 Å². The van der Waals surface area contributed by atoms with Crippen molar-refractivity contribution in [2.24, 2.45) is 21.7 Å². The van der Waals surface area contributed by atoms with Crippen LogP contribution in [0.3, 0.4) is 0 Å². The van der Waals surface area contributed by atoms with Gasteiger partial charge in [0.1, 0.15) is 5.75 Å². The molecule has 0 spiro atoms. The first kappa shape index (κ1) is 42.9. The van der Waals surface area contributed by atoms with Crippen LogP contribution in [0.5, 0.6) is 5.75 Å². The lowest BCUT2D eigenvalue weighted by molar-refractivity contribution is -0.148. The van der Waals surface area contributed by atoms with Crippen molar-refractivity contribution in [2.45, 2.75) is 163 Å². The summed E-state index contributed by atoms with van der Waals surface area (Å²) in [6.07, 6.45) is 13.4. The van der Waals surface area contributed by atoms with Crippen LogP contribution in [0.2, 0.25) is 0 Å². The molecule has 2 atom stereocenters. The second kappa shape index (κ2) is 17.7. The van der Waals surface area contributed by atoms with E-state index in [1.54, 1.807) is 33.8 Å². The first-order valence-electron chi connectivity index (χ1n) is 20.2. The molecule has 2 aromatic carbocycles. The molecule has 54 heavy (non-hydrogen) atoms. The molecule has 0 aromatic heterocycles. The van der Waals surface area contributed by atoms with E-state index >= 15 is 0 Å². The molecule has 2 aromatic rings. The van der Waals surface area contributed by atoms with Crippen molar-refractivity contribution in [3.63, 3.8) is 0 Å². The van der Waals surface area contributed by atoms with Gasteiger partial charge < -0.3 is 25.5 Å². The molecule has 4 rings (SSSR count). The Bertz CT molecular complexity index is 1670. The number of carboxylic acid groups (broad SMARTS) is 4. The number of unbranched alkanes of at least 4 members (excludes halogenated alkanes) is 4. The number of phenolic OH excluding ortho intramolecular Hbond substituents is 1. The number of carboxylic acids is 4. The zero-order valence-corrected chi connectivity index (χ0v) is 33.3. The van der Waals surface area contributed by atoms with E-state index in [2.05, 4.69) is 25.1 Å². The molecule has 0 heterocycles. The largest absolute Gasteiger partial charge is 0.508 e. The fourth-order valence-corrected chi connectivity index (χ4v) is 8.48. The van der Waals surface area contributed by atoms with E-state index in [4.69, 9.17) is 0 Å². The molecule has 0 bridgehead atoms. The van der Waals surface area contributed by atoms with Crippen LogP contribution in [0, 0.1) is 28.6 Å². The van der Waals surface area contributed by atoms with E-state index in [1.165, 1.54) is 16.7 Å². The number of aryl methyl sites for hydroxylation is 2. The second-order valence-electron chi connectivity index (χ2n) is 17.9. The Morgan fingerprint density at radius 2 is 1.19 bits per heavy atom. The van der Waals surface area contributed by atoms with Crippen LogP contribution in [0.25, 0.3) is 0 Å². The molecule has 2 saturated carbocycles. The number of benzene rings is 2. The van der Waals surface area contributed by atoms with Gasteiger partial charge in [0.15, 0.2) is 0 Å². The minimum Gasteiger partial charge on any atom is -0.508 e. The van der Waals surface area contributed by atoms with Crippen LogP contribution in [-0.4, -0.2) is 49.4 Å². The Morgan fingerprint density at radius 1 is 0.648 bits per heavy atom. The maximum Gasteiger partial charge on any atom is 0.310 e. The molecule has 0 radical (unpaired) electrons. The van der Waals surface area contributed by atoms with Gasteiger partial charge in [0.05, 0.1) is 21.7 Å². The van der Waals surface area contributed by atoms with Gasteiger partial charge in [-0.1, -0.05) is 49.9 Å². The van der Waals surface area contributed by atoms with Crippen LogP contribution in [0.4, 0.5) is 0 Å². The van der Waals surface area contributed by atoms with Crippen molar-refractivity contribution >= 4 is 23.9 Å². The lowest BCUT2D eigenvalue weighted by Crippen LogP contribution is -2.23. The quantitative estimate of drug-likeness (QED) is 0.0620. The average molecular weight is 749 g/mol. The fourth-order valence-electron chi connectivity index (χ4n) is 8.48. The zero-order chi connectivity index (χ0) is 39.9. The Labute approximate surface area is 321 Å². The number of carbonyl (C=O) groups is 4. The van der Waals surface area contributed by atoms with Crippen LogP contribution in [-0.2, 0) is 44.9 Å². The monoisotopic (exact) mass is 748 g/mol. The van der Waals surface area contributed by atoms with Gasteiger partial charge >= 0.3 is 23.9 Å². The van der Waals surface area contributed by atoms with Crippen molar-refractivity contribution in [1.82, 2.24) is 0 Å². The molecular weight excluding hydrogens is 684 g/mol. The zero-order valence-electron chi connectivity index (χ0n) is 33.3. The lowest BCUT2D eigenvalue weighted by Gasteiger charge is -2.21. The molecule has 2 unspecified atom stereocenters. The number of hydrogen-bond donors (Lipinski definition) is 5. The Kier molecular flexibility index (Phi) is 14.1. The fraction of sp³-hybridized carbons (Fsp3) is 0.644. The maximum atomic E-state index is 13.0. The van der Waals surface area contributed by atoms with Crippen molar-refractivity contribution in [3.8, 4) is 5.75 Å². The van der Waals surface area contributed by atoms with E-state index in [0.29, 0.717) is 70.6 Å². The standard InChI is InChI=1S/C45H64O9/c1-30-15-14-17-31(16-6-10-23-42(2,3)38(47)48)32(30)18-9-13-26-45(41(53)54)29-36(45)34-21-22-37(46)35(20-8-12-25-44(27-28-44)40(51)52)33(34)19-7-11-24-43(4,5)39(49)50/h14-15,17,21-22,36,46H,6-13,16,18-20,23-29H2,1-5H3,(H,47,48)(H,49,50)(H,51,52)(H,53,54). The summed E-state index contributed by atoms with van der Waals surface area (Å²) in [6.45, 7) is 9.10. The van der Waals surface area contributed by atoms with E-state index in [1.807, 2.05) is 6.07 Å². The molecule has 0 amide bonds. The average Bonchev–Trinajstić information content (AvgIpc) is 4.03. The number of rotatable bonds is 25. The molecule has 5 N–H and O–H groups in total. The Hall–Kier alpha value is -3.88. The predicted molar refractivity (Wildman–Crippen MR) is 209 cm³/mol. The highest BCUT2D eigenvalue weighted by atomic mass is 16.4. The minimum atomic E-state index is -0.875. The predicted octanol–water partition coefficient (Wildman–Crippen LogP) is 9.90. The van der Waals surface area contributed by atoms with Crippen molar-refractivity contribution < 1.29 is 44.7 Å². The summed E-state index contributed by atoms with van der Waals surface area (Å²) in [5, 5.41) is 50.4. The van der Waals surface area contributed by atoms with Gasteiger partial charge in [0.2, 0.25) is 0 Å². The summed E-state index contributed by atoms with van der Waals surface area (Å²) >= 11 is 0. The third kappa shape index (κ3) is 10.4.